The maximum absolute atomic E-state index is 5.38. The summed E-state index contributed by atoms with van der Waals surface area (Å²) in [6.07, 6.45) is 8.49. The van der Waals surface area contributed by atoms with Crippen LogP contribution in [-0.4, -0.2) is 19.9 Å². The number of aromatic nitrogens is 4. The highest BCUT2D eigenvalue weighted by Crippen LogP contribution is 2.44. The van der Waals surface area contributed by atoms with Crippen LogP contribution in [0.15, 0.2) is 142 Å². The predicted molar refractivity (Wildman–Crippen MR) is 216 cm³/mol. The highest BCUT2D eigenvalue weighted by molar-refractivity contribution is 9.13. The lowest BCUT2D eigenvalue weighted by Gasteiger charge is -2.07. The number of benzene rings is 4. The molecule has 4 nitrogen and oxygen atoms in total. The van der Waals surface area contributed by atoms with Gasteiger partial charge in [-0.05, 0) is 90.6 Å². The Balaban J connectivity index is 1.53. The monoisotopic (exact) mass is 770 g/mol. The molecule has 3 aromatic heterocycles. The minimum atomic E-state index is 0.867. The molecule has 0 fully saturated rings. The van der Waals surface area contributed by atoms with Gasteiger partial charge in [0.1, 0.15) is 0 Å². The molecule has 0 saturated heterocycles. The summed E-state index contributed by atoms with van der Waals surface area (Å²) >= 11 is 7.99. The number of nitrogens with one attached hydrogen (secondary N) is 2. The molecule has 0 aliphatic carbocycles. The van der Waals surface area contributed by atoms with E-state index >= 15 is 0 Å². The first kappa shape index (κ1) is 30.5. The van der Waals surface area contributed by atoms with Crippen molar-refractivity contribution in [1.82, 2.24) is 19.9 Å². The fourth-order valence-electron chi connectivity index (χ4n) is 6.91. The van der Waals surface area contributed by atoms with Crippen LogP contribution < -0.4 is 0 Å². The molecule has 0 radical (unpaired) electrons. The van der Waals surface area contributed by atoms with Crippen LogP contribution in [0.1, 0.15) is 22.8 Å². The fraction of sp³-hybridized carbons (Fsp3) is 0. The molecule has 0 spiro atoms. The van der Waals surface area contributed by atoms with Crippen molar-refractivity contribution in [3.8, 4) is 44.5 Å². The first-order valence-electron chi connectivity index (χ1n) is 16.4. The topological polar surface area (TPSA) is 57.4 Å². The van der Waals surface area contributed by atoms with E-state index in [2.05, 4.69) is 175 Å². The average molecular weight is 773 g/mol. The lowest BCUT2D eigenvalue weighted by atomic mass is 10.0. The molecule has 0 amide bonds. The van der Waals surface area contributed by atoms with Gasteiger partial charge in [-0.2, -0.15) is 0 Å². The molecule has 6 heteroatoms. The summed E-state index contributed by atoms with van der Waals surface area (Å²) in [6, 6.07) is 46.2. The summed E-state index contributed by atoms with van der Waals surface area (Å²) in [5.74, 6) is 0. The highest BCUT2D eigenvalue weighted by atomic mass is 79.9. The largest absolute Gasteiger partial charge is 0.354 e. The minimum Gasteiger partial charge on any atom is -0.354 e. The third kappa shape index (κ3) is 5.28. The van der Waals surface area contributed by atoms with Gasteiger partial charge in [-0.25, -0.2) is 9.97 Å². The van der Waals surface area contributed by atoms with Gasteiger partial charge in [-0.3, -0.25) is 0 Å². The normalized spacial score (nSPS) is 12.0. The van der Waals surface area contributed by atoms with E-state index in [-0.39, 0.29) is 0 Å². The summed E-state index contributed by atoms with van der Waals surface area (Å²) in [6.45, 7) is 0. The van der Waals surface area contributed by atoms with E-state index in [4.69, 9.17) is 9.97 Å². The van der Waals surface area contributed by atoms with Gasteiger partial charge >= 0.3 is 0 Å². The predicted octanol–water partition coefficient (Wildman–Crippen LogP) is 12.8. The van der Waals surface area contributed by atoms with Gasteiger partial charge in [0.25, 0.3) is 0 Å². The second kappa shape index (κ2) is 12.7. The molecule has 9 rings (SSSR count). The standard InChI is InChI=1S/C44H28Br2N4/c45-41-42(46)44-40(30-19-11-4-12-20-30)36-26-24-34(49-36)38(28-15-7-2-8-16-28)32-22-21-31(47-32)37(27-13-5-1-6-14-27)33-23-25-35(48-33)39(43(41)50-44)29-17-9-3-10-18-29/h1-26,47,50H. The Morgan fingerprint density at radius 3 is 0.980 bits per heavy atom. The van der Waals surface area contributed by atoms with Gasteiger partial charge < -0.3 is 9.97 Å². The van der Waals surface area contributed by atoms with Crippen molar-refractivity contribution < 1.29 is 0 Å². The number of H-pyrrole nitrogens is 2. The SMILES string of the molecule is Brc1c(Br)c2[nH]c1c(-c1ccccc1)c1nc(c(-c3ccccc3)c3ccc([nH]3)c(-c3ccccc3)c3nc(c2-c2ccccc2)C=C3)C=C1. The molecule has 4 aromatic carbocycles. The number of fused-ring (bicyclic) bond motifs is 8. The second-order valence-corrected chi connectivity index (χ2v) is 13.8. The quantitative estimate of drug-likeness (QED) is 0.187. The highest BCUT2D eigenvalue weighted by Gasteiger charge is 2.22. The van der Waals surface area contributed by atoms with E-state index in [1.54, 1.807) is 0 Å². The zero-order valence-corrected chi connectivity index (χ0v) is 29.8. The van der Waals surface area contributed by atoms with Crippen LogP contribution >= 0.6 is 31.9 Å². The fourth-order valence-corrected chi connectivity index (χ4v) is 7.90. The van der Waals surface area contributed by atoms with E-state index in [0.717, 1.165) is 98.3 Å². The Morgan fingerprint density at radius 1 is 0.340 bits per heavy atom. The third-order valence-corrected chi connectivity index (χ3v) is 11.3. The molecule has 238 valence electrons. The van der Waals surface area contributed by atoms with Gasteiger partial charge in [0.15, 0.2) is 0 Å². The van der Waals surface area contributed by atoms with Crippen molar-refractivity contribution in [3.05, 3.63) is 165 Å². The molecule has 2 aliphatic heterocycles. The van der Waals surface area contributed by atoms with Crippen molar-refractivity contribution in [2.24, 2.45) is 0 Å². The minimum absolute atomic E-state index is 0.867. The van der Waals surface area contributed by atoms with Crippen molar-refractivity contribution in [2.45, 2.75) is 0 Å². The van der Waals surface area contributed by atoms with Crippen LogP contribution in [0.25, 0.3) is 90.9 Å². The third-order valence-electron chi connectivity index (χ3n) is 9.16. The summed E-state index contributed by atoms with van der Waals surface area (Å²) in [5.41, 5.74) is 15.6. The molecule has 0 atom stereocenters. The van der Waals surface area contributed by atoms with Crippen LogP contribution in [0.4, 0.5) is 0 Å². The van der Waals surface area contributed by atoms with Crippen LogP contribution in [-0.2, 0) is 0 Å². The first-order chi connectivity index (χ1) is 24.6. The van der Waals surface area contributed by atoms with Crippen LogP contribution in [0.5, 0.6) is 0 Å². The number of halogens is 2. The van der Waals surface area contributed by atoms with E-state index in [1.165, 1.54) is 0 Å². The molecule has 0 saturated carbocycles. The lowest BCUT2D eigenvalue weighted by molar-refractivity contribution is 1.31. The zero-order chi connectivity index (χ0) is 33.6. The molecule has 7 aromatic rings. The van der Waals surface area contributed by atoms with Gasteiger partial charge in [0.2, 0.25) is 0 Å². The zero-order valence-electron chi connectivity index (χ0n) is 26.7. The van der Waals surface area contributed by atoms with E-state index < -0.39 is 0 Å². The molecule has 50 heavy (non-hydrogen) atoms. The van der Waals surface area contributed by atoms with Gasteiger partial charge in [-0.1, -0.05) is 121 Å². The van der Waals surface area contributed by atoms with Crippen molar-refractivity contribution in [2.75, 3.05) is 0 Å². The lowest BCUT2D eigenvalue weighted by Crippen LogP contribution is -1.89. The number of hydrogen-bond donors (Lipinski definition) is 2. The van der Waals surface area contributed by atoms with Crippen LogP contribution in [0.2, 0.25) is 0 Å². The van der Waals surface area contributed by atoms with Gasteiger partial charge in [-0.15, -0.1) is 0 Å². The number of rotatable bonds is 4. The summed E-state index contributed by atoms with van der Waals surface area (Å²) < 4.78 is 1.83. The Labute approximate surface area is 306 Å². The summed E-state index contributed by atoms with van der Waals surface area (Å²) in [4.78, 5) is 18.4. The second-order valence-electron chi connectivity index (χ2n) is 12.2. The molecule has 2 N–H and O–H groups in total. The molecular formula is C44H28Br2N4. The molecule has 2 aliphatic rings. The number of nitrogens with zero attached hydrogens (tertiary/aromatic N) is 2. The Bertz CT molecular complexity index is 2460. The smallest absolute Gasteiger partial charge is 0.0737 e. The van der Waals surface area contributed by atoms with E-state index in [9.17, 15) is 0 Å². The Hall–Kier alpha value is -5.56. The van der Waals surface area contributed by atoms with Gasteiger partial charge in [0.05, 0.1) is 42.8 Å². The van der Waals surface area contributed by atoms with Crippen molar-refractivity contribution >= 4 is 78.2 Å². The van der Waals surface area contributed by atoms with Crippen molar-refractivity contribution in [1.29, 1.82) is 0 Å². The molecule has 8 bridgehead atoms. The van der Waals surface area contributed by atoms with Gasteiger partial charge in [0, 0.05) is 33.3 Å². The molecule has 5 heterocycles. The number of hydrogen-bond acceptors (Lipinski definition) is 2. The Kier molecular flexibility index (Phi) is 7.76. The first-order valence-corrected chi connectivity index (χ1v) is 18.0. The Morgan fingerprint density at radius 2 is 0.640 bits per heavy atom. The van der Waals surface area contributed by atoms with Crippen molar-refractivity contribution in [3.63, 3.8) is 0 Å². The average Bonchev–Trinajstić information content (AvgIpc) is 3.99. The van der Waals surface area contributed by atoms with Crippen LogP contribution in [0.3, 0.4) is 0 Å². The maximum Gasteiger partial charge on any atom is 0.0737 e. The maximum atomic E-state index is 5.38. The summed E-state index contributed by atoms with van der Waals surface area (Å²) in [7, 11) is 0. The summed E-state index contributed by atoms with van der Waals surface area (Å²) in [5, 5.41) is 0. The van der Waals surface area contributed by atoms with E-state index in [0.29, 0.717) is 0 Å². The molecular weight excluding hydrogens is 744 g/mol. The van der Waals surface area contributed by atoms with E-state index in [1.807, 2.05) is 24.3 Å². The number of aromatic amines is 2. The van der Waals surface area contributed by atoms with Crippen LogP contribution in [0, 0.1) is 0 Å². The molecule has 0 unspecified atom stereocenters.